The molecule has 0 unspecified atom stereocenters. The normalized spacial score (nSPS) is 10.0. The predicted molar refractivity (Wildman–Crippen MR) is 73.6 cm³/mol. The highest BCUT2D eigenvalue weighted by molar-refractivity contribution is 6.33. The standard InChI is InChI=1S/C13H12ClN3O2/c1-16-13(18)12-7-9(4-5-17-12)19-8-2-3-10(14)11(15)6-8/h2-7H,15H2,1H3,(H,16,18). The van der Waals surface area contributed by atoms with Crippen LogP contribution in [0.3, 0.4) is 0 Å². The summed E-state index contributed by atoms with van der Waals surface area (Å²) >= 11 is 5.83. The first-order valence-electron chi connectivity index (χ1n) is 5.51. The molecule has 1 aromatic carbocycles. The monoisotopic (exact) mass is 277 g/mol. The van der Waals surface area contributed by atoms with E-state index < -0.39 is 0 Å². The van der Waals surface area contributed by atoms with Crippen LogP contribution in [-0.2, 0) is 0 Å². The Morgan fingerprint density at radius 1 is 1.32 bits per heavy atom. The molecule has 0 aliphatic carbocycles. The SMILES string of the molecule is CNC(=O)c1cc(Oc2ccc(Cl)c(N)c2)ccn1. The first kappa shape index (κ1) is 13.2. The van der Waals surface area contributed by atoms with Crippen LogP contribution in [0.5, 0.6) is 11.5 Å². The molecule has 6 heteroatoms. The molecule has 1 heterocycles. The van der Waals surface area contributed by atoms with E-state index in [1.54, 1.807) is 30.3 Å². The molecule has 1 amide bonds. The quantitative estimate of drug-likeness (QED) is 0.845. The molecule has 2 aromatic rings. The van der Waals surface area contributed by atoms with E-state index in [1.165, 1.54) is 13.2 Å². The number of ether oxygens (including phenoxy) is 1. The minimum absolute atomic E-state index is 0.277. The van der Waals surface area contributed by atoms with E-state index in [0.29, 0.717) is 22.2 Å². The summed E-state index contributed by atoms with van der Waals surface area (Å²) in [5.41, 5.74) is 6.40. The van der Waals surface area contributed by atoms with Gasteiger partial charge in [-0.1, -0.05) is 11.6 Å². The van der Waals surface area contributed by atoms with Gasteiger partial charge in [0.25, 0.3) is 5.91 Å². The van der Waals surface area contributed by atoms with Gasteiger partial charge < -0.3 is 15.8 Å². The van der Waals surface area contributed by atoms with Crippen LogP contribution >= 0.6 is 11.6 Å². The lowest BCUT2D eigenvalue weighted by Crippen LogP contribution is -2.18. The van der Waals surface area contributed by atoms with E-state index >= 15 is 0 Å². The fraction of sp³-hybridized carbons (Fsp3) is 0.0769. The highest BCUT2D eigenvalue weighted by Gasteiger charge is 2.07. The van der Waals surface area contributed by atoms with E-state index in [1.807, 2.05) is 0 Å². The third-order valence-electron chi connectivity index (χ3n) is 2.39. The Balaban J connectivity index is 2.23. The third kappa shape index (κ3) is 3.14. The van der Waals surface area contributed by atoms with Crippen LogP contribution in [0.4, 0.5) is 5.69 Å². The van der Waals surface area contributed by atoms with E-state index in [0.717, 1.165) is 0 Å². The molecular formula is C13H12ClN3O2. The fourth-order valence-electron chi connectivity index (χ4n) is 1.45. The number of rotatable bonds is 3. The van der Waals surface area contributed by atoms with Crippen molar-refractivity contribution in [3.8, 4) is 11.5 Å². The summed E-state index contributed by atoms with van der Waals surface area (Å²) in [4.78, 5) is 15.4. The second-order valence-electron chi connectivity index (χ2n) is 3.74. The van der Waals surface area contributed by atoms with Crippen molar-refractivity contribution < 1.29 is 9.53 Å². The van der Waals surface area contributed by atoms with E-state index in [9.17, 15) is 4.79 Å². The number of hydrogen-bond donors (Lipinski definition) is 2. The summed E-state index contributed by atoms with van der Waals surface area (Å²) < 4.78 is 5.59. The van der Waals surface area contributed by atoms with Crippen molar-refractivity contribution in [2.24, 2.45) is 0 Å². The Labute approximate surface area is 115 Å². The molecule has 0 atom stereocenters. The summed E-state index contributed by atoms with van der Waals surface area (Å²) in [6, 6.07) is 8.15. The van der Waals surface area contributed by atoms with Crippen molar-refractivity contribution in [2.75, 3.05) is 12.8 Å². The van der Waals surface area contributed by atoms with Gasteiger partial charge in [-0.05, 0) is 18.2 Å². The number of anilines is 1. The van der Waals surface area contributed by atoms with E-state index in [2.05, 4.69) is 10.3 Å². The molecule has 2 rings (SSSR count). The maximum Gasteiger partial charge on any atom is 0.269 e. The van der Waals surface area contributed by atoms with Crippen LogP contribution < -0.4 is 15.8 Å². The molecule has 0 bridgehead atoms. The van der Waals surface area contributed by atoms with Crippen molar-refractivity contribution in [1.29, 1.82) is 0 Å². The molecule has 98 valence electrons. The van der Waals surface area contributed by atoms with Gasteiger partial charge in [-0.2, -0.15) is 0 Å². The molecular weight excluding hydrogens is 266 g/mol. The molecule has 3 N–H and O–H groups in total. The van der Waals surface area contributed by atoms with Gasteiger partial charge in [0.05, 0.1) is 10.7 Å². The minimum atomic E-state index is -0.277. The zero-order valence-electron chi connectivity index (χ0n) is 10.2. The largest absolute Gasteiger partial charge is 0.457 e. The molecule has 0 aliphatic rings. The van der Waals surface area contributed by atoms with Gasteiger partial charge in [-0.3, -0.25) is 9.78 Å². The van der Waals surface area contributed by atoms with Crippen LogP contribution in [0.15, 0.2) is 36.5 Å². The lowest BCUT2D eigenvalue weighted by molar-refractivity contribution is 0.0958. The van der Waals surface area contributed by atoms with Crippen LogP contribution in [-0.4, -0.2) is 17.9 Å². The highest BCUT2D eigenvalue weighted by atomic mass is 35.5. The van der Waals surface area contributed by atoms with Gasteiger partial charge in [0.15, 0.2) is 0 Å². The third-order valence-corrected chi connectivity index (χ3v) is 2.74. The fourth-order valence-corrected chi connectivity index (χ4v) is 1.57. The molecule has 0 aliphatic heterocycles. The number of nitrogens with one attached hydrogen (secondary N) is 1. The summed E-state index contributed by atoms with van der Waals surface area (Å²) in [7, 11) is 1.54. The minimum Gasteiger partial charge on any atom is -0.457 e. The summed E-state index contributed by atoms with van der Waals surface area (Å²) in [6.07, 6.45) is 1.50. The van der Waals surface area contributed by atoms with Crippen LogP contribution in [0.25, 0.3) is 0 Å². The summed E-state index contributed by atoms with van der Waals surface area (Å²) in [5, 5.41) is 2.96. The molecule has 0 saturated carbocycles. The maximum absolute atomic E-state index is 11.5. The van der Waals surface area contributed by atoms with Gasteiger partial charge in [-0.25, -0.2) is 0 Å². The van der Waals surface area contributed by atoms with Crippen molar-refractivity contribution in [3.05, 3.63) is 47.2 Å². The zero-order chi connectivity index (χ0) is 13.8. The number of nitrogens with two attached hydrogens (primary N) is 1. The van der Waals surface area contributed by atoms with Crippen LogP contribution in [0.1, 0.15) is 10.5 Å². The Hall–Kier alpha value is -2.27. The molecule has 0 fully saturated rings. The summed E-state index contributed by atoms with van der Waals surface area (Å²) in [6.45, 7) is 0. The maximum atomic E-state index is 11.5. The number of nitrogens with zero attached hydrogens (tertiary/aromatic N) is 1. The van der Waals surface area contributed by atoms with Crippen molar-refractivity contribution in [1.82, 2.24) is 10.3 Å². The summed E-state index contributed by atoms with van der Waals surface area (Å²) in [5.74, 6) is 0.757. The number of halogens is 1. The number of pyridine rings is 1. The van der Waals surface area contributed by atoms with E-state index in [4.69, 9.17) is 22.1 Å². The Kier molecular flexibility index (Phi) is 3.87. The molecule has 0 spiro atoms. The molecule has 1 aromatic heterocycles. The van der Waals surface area contributed by atoms with Crippen molar-refractivity contribution >= 4 is 23.2 Å². The molecule has 5 nitrogen and oxygen atoms in total. The molecule has 0 saturated heterocycles. The first-order valence-corrected chi connectivity index (χ1v) is 5.89. The Bertz CT molecular complexity index is 617. The number of hydrogen-bond acceptors (Lipinski definition) is 4. The lowest BCUT2D eigenvalue weighted by Gasteiger charge is -2.08. The molecule has 19 heavy (non-hydrogen) atoms. The Morgan fingerprint density at radius 3 is 2.74 bits per heavy atom. The molecule has 0 radical (unpaired) electrons. The van der Waals surface area contributed by atoms with Crippen molar-refractivity contribution in [3.63, 3.8) is 0 Å². The second kappa shape index (κ2) is 5.58. The second-order valence-corrected chi connectivity index (χ2v) is 4.15. The van der Waals surface area contributed by atoms with Crippen molar-refractivity contribution in [2.45, 2.75) is 0 Å². The predicted octanol–water partition coefficient (Wildman–Crippen LogP) is 2.47. The number of aromatic nitrogens is 1. The van der Waals surface area contributed by atoms with E-state index in [-0.39, 0.29) is 11.6 Å². The first-order chi connectivity index (χ1) is 9.10. The van der Waals surface area contributed by atoms with Crippen LogP contribution in [0, 0.1) is 0 Å². The zero-order valence-corrected chi connectivity index (χ0v) is 10.9. The number of nitrogen functional groups attached to an aromatic ring is 1. The lowest BCUT2D eigenvalue weighted by atomic mass is 10.3. The highest BCUT2D eigenvalue weighted by Crippen LogP contribution is 2.27. The Morgan fingerprint density at radius 2 is 2.05 bits per heavy atom. The number of benzene rings is 1. The van der Waals surface area contributed by atoms with Gasteiger partial charge in [0, 0.05) is 25.4 Å². The van der Waals surface area contributed by atoms with Crippen LogP contribution in [0.2, 0.25) is 5.02 Å². The smallest absolute Gasteiger partial charge is 0.269 e. The van der Waals surface area contributed by atoms with Gasteiger partial charge >= 0.3 is 0 Å². The average molecular weight is 278 g/mol. The van der Waals surface area contributed by atoms with Gasteiger partial charge in [0.1, 0.15) is 17.2 Å². The number of carbonyl (C=O) groups is 1. The average Bonchev–Trinajstić information content (AvgIpc) is 2.42. The van der Waals surface area contributed by atoms with Gasteiger partial charge in [0.2, 0.25) is 0 Å². The van der Waals surface area contributed by atoms with Gasteiger partial charge in [-0.15, -0.1) is 0 Å². The number of amides is 1. The topological polar surface area (TPSA) is 77.2 Å². The number of carbonyl (C=O) groups excluding carboxylic acids is 1.